The fourth-order valence-electron chi connectivity index (χ4n) is 1.75. The molecule has 5 nitrogen and oxygen atoms in total. The van der Waals surface area contributed by atoms with Gasteiger partial charge in [-0.2, -0.15) is 0 Å². The Labute approximate surface area is 105 Å². The van der Waals surface area contributed by atoms with Crippen LogP contribution in [0.4, 0.5) is 0 Å². The summed E-state index contributed by atoms with van der Waals surface area (Å²) in [7, 11) is 1.88. The highest BCUT2D eigenvalue weighted by atomic mass is 16.4. The second-order valence-corrected chi connectivity index (χ2v) is 4.06. The lowest BCUT2D eigenvalue weighted by Gasteiger charge is -2.14. The molecular weight excluding hydrogens is 230 g/mol. The number of hydrogen-bond donors (Lipinski definition) is 2. The third-order valence-electron chi connectivity index (χ3n) is 2.78. The standard InChI is InChI=1S/C13H15N3O2/c1-16-9-14-7-11(16)8-15-12(13(17)18)10-5-3-2-4-6-10/h2-7,9,12,15H,8H2,1H3,(H,17,18). The topological polar surface area (TPSA) is 67.2 Å². The minimum Gasteiger partial charge on any atom is -0.480 e. The maximum Gasteiger partial charge on any atom is 0.325 e. The van der Waals surface area contributed by atoms with Gasteiger partial charge >= 0.3 is 5.97 Å². The van der Waals surface area contributed by atoms with Crippen molar-refractivity contribution >= 4 is 5.97 Å². The molecule has 1 unspecified atom stereocenters. The Bertz CT molecular complexity index is 522. The molecule has 0 saturated carbocycles. The molecule has 2 rings (SSSR count). The number of imidazole rings is 1. The molecular formula is C13H15N3O2. The van der Waals surface area contributed by atoms with Gasteiger partial charge in [0.15, 0.2) is 0 Å². The Kier molecular flexibility index (Phi) is 3.74. The lowest BCUT2D eigenvalue weighted by Crippen LogP contribution is -2.28. The quantitative estimate of drug-likeness (QED) is 0.834. The molecule has 2 N–H and O–H groups in total. The van der Waals surface area contributed by atoms with Crippen molar-refractivity contribution in [2.45, 2.75) is 12.6 Å². The molecule has 18 heavy (non-hydrogen) atoms. The molecule has 2 aromatic rings. The third-order valence-corrected chi connectivity index (χ3v) is 2.78. The number of carbonyl (C=O) groups is 1. The monoisotopic (exact) mass is 245 g/mol. The maximum absolute atomic E-state index is 11.3. The van der Waals surface area contributed by atoms with E-state index in [0.717, 1.165) is 11.3 Å². The van der Waals surface area contributed by atoms with Crippen molar-refractivity contribution in [2.24, 2.45) is 7.05 Å². The van der Waals surface area contributed by atoms with Crippen LogP contribution in [0.2, 0.25) is 0 Å². The first kappa shape index (κ1) is 12.3. The largest absolute Gasteiger partial charge is 0.480 e. The van der Waals surface area contributed by atoms with E-state index in [2.05, 4.69) is 10.3 Å². The van der Waals surface area contributed by atoms with Crippen molar-refractivity contribution in [3.8, 4) is 0 Å². The van der Waals surface area contributed by atoms with Crippen LogP contribution in [-0.4, -0.2) is 20.6 Å². The van der Waals surface area contributed by atoms with Gasteiger partial charge in [-0.3, -0.25) is 10.1 Å². The number of rotatable bonds is 5. The van der Waals surface area contributed by atoms with Gasteiger partial charge < -0.3 is 9.67 Å². The fraction of sp³-hybridized carbons (Fsp3) is 0.231. The van der Waals surface area contributed by atoms with Gasteiger partial charge in [-0.25, -0.2) is 4.98 Å². The van der Waals surface area contributed by atoms with Crippen molar-refractivity contribution in [1.29, 1.82) is 0 Å². The Morgan fingerprint density at radius 1 is 1.44 bits per heavy atom. The first-order valence-corrected chi connectivity index (χ1v) is 5.65. The Morgan fingerprint density at radius 3 is 2.72 bits per heavy atom. The van der Waals surface area contributed by atoms with Gasteiger partial charge in [0.05, 0.1) is 12.0 Å². The summed E-state index contributed by atoms with van der Waals surface area (Å²) in [6, 6.07) is 8.42. The zero-order valence-corrected chi connectivity index (χ0v) is 10.1. The van der Waals surface area contributed by atoms with Gasteiger partial charge in [0.2, 0.25) is 0 Å². The summed E-state index contributed by atoms with van der Waals surface area (Å²) in [5, 5.41) is 12.3. The van der Waals surface area contributed by atoms with Crippen LogP contribution < -0.4 is 5.32 Å². The summed E-state index contributed by atoms with van der Waals surface area (Å²) in [6.07, 6.45) is 3.41. The summed E-state index contributed by atoms with van der Waals surface area (Å²) in [6.45, 7) is 0.461. The number of nitrogens with one attached hydrogen (secondary N) is 1. The van der Waals surface area contributed by atoms with E-state index in [9.17, 15) is 9.90 Å². The van der Waals surface area contributed by atoms with E-state index in [0.29, 0.717) is 6.54 Å². The van der Waals surface area contributed by atoms with Crippen molar-refractivity contribution < 1.29 is 9.90 Å². The maximum atomic E-state index is 11.3. The first-order valence-electron chi connectivity index (χ1n) is 5.65. The van der Waals surface area contributed by atoms with E-state index >= 15 is 0 Å². The van der Waals surface area contributed by atoms with Crippen LogP contribution in [0.3, 0.4) is 0 Å². The van der Waals surface area contributed by atoms with E-state index < -0.39 is 12.0 Å². The first-order chi connectivity index (χ1) is 8.68. The van der Waals surface area contributed by atoms with E-state index in [1.165, 1.54) is 0 Å². The van der Waals surface area contributed by atoms with Gasteiger partial charge in [-0.15, -0.1) is 0 Å². The Balaban J connectivity index is 2.09. The molecule has 0 bridgehead atoms. The summed E-state index contributed by atoms with van der Waals surface area (Å²) in [5.74, 6) is -0.886. The number of aliphatic carboxylic acids is 1. The van der Waals surface area contributed by atoms with Crippen LogP contribution in [0, 0.1) is 0 Å². The second kappa shape index (κ2) is 5.46. The molecule has 0 radical (unpaired) electrons. The minimum atomic E-state index is -0.886. The smallest absolute Gasteiger partial charge is 0.325 e. The molecule has 5 heteroatoms. The zero-order valence-electron chi connectivity index (χ0n) is 10.1. The Hall–Kier alpha value is -2.14. The summed E-state index contributed by atoms with van der Waals surface area (Å²) < 4.78 is 1.86. The van der Waals surface area contributed by atoms with Crippen LogP contribution in [-0.2, 0) is 18.4 Å². The number of carboxylic acids is 1. The molecule has 94 valence electrons. The predicted octanol–water partition coefficient (Wildman–Crippen LogP) is 1.34. The summed E-state index contributed by atoms with van der Waals surface area (Å²) in [5.41, 5.74) is 1.68. The summed E-state index contributed by atoms with van der Waals surface area (Å²) in [4.78, 5) is 15.3. The average molecular weight is 245 g/mol. The molecule has 1 atom stereocenters. The molecule has 0 saturated heterocycles. The lowest BCUT2D eigenvalue weighted by atomic mass is 10.1. The van der Waals surface area contributed by atoms with Crippen LogP contribution in [0.15, 0.2) is 42.9 Å². The SMILES string of the molecule is Cn1cncc1CNC(C(=O)O)c1ccccc1. The van der Waals surface area contributed by atoms with Gasteiger partial charge in [0.25, 0.3) is 0 Å². The van der Waals surface area contributed by atoms with E-state index in [-0.39, 0.29) is 0 Å². The molecule has 0 aliphatic rings. The average Bonchev–Trinajstić information content (AvgIpc) is 2.76. The van der Waals surface area contributed by atoms with Gasteiger partial charge in [-0.1, -0.05) is 30.3 Å². The number of benzene rings is 1. The molecule has 0 amide bonds. The van der Waals surface area contributed by atoms with E-state index in [1.54, 1.807) is 24.7 Å². The highest BCUT2D eigenvalue weighted by Crippen LogP contribution is 2.13. The fourth-order valence-corrected chi connectivity index (χ4v) is 1.75. The lowest BCUT2D eigenvalue weighted by molar-refractivity contribution is -0.139. The van der Waals surface area contributed by atoms with Crippen LogP contribution >= 0.6 is 0 Å². The minimum absolute atomic E-state index is 0.461. The molecule has 0 fully saturated rings. The normalized spacial score (nSPS) is 12.3. The van der Waals surface area contributed by atoms with Gasteiger partial charge in [0.1, 0.15) is 6.04 Å². The van der Waals surface area contributed by atoms with Crippen LogP contribution in [0.1, 0.15) is 17.3 Å². The number of aromatic nitrogens is 2. The number of hydrogen-bond acceptors (Lipinski definition) is 3. The van der Waals surface area contributed by atoms with Crippen molar-refractivity contribution in [3.63, 3.8) is 0 Å². The number of carboxylic acid groups (broad SMARTS) is 1. The molecule has 1 aromatic heterocycles. The van der Waals surface area contributed by atoms with Crippen LogP contribution in [0.25, 0.3) is 0 Å². The third kappa shape index (κ3) is 2.75. The Morgan fingerprint density at radius 2 is 2.17 bits per heavy atom. The van der Waals surface area contributed by atoms with Gasteiger partial charge in [0, 0.05) is 19.8 Å². The van der Waals surface area contributed by atoms with E-state index in [1.807, 2.05) is 29.8 Å². The van der Waals surface area contributed by atoms with Crippen molar-refractivity contribution in [3.05, 3.63) is 54.1 Å². The van der Waals surface area contributed by atoms with Gasteiger partial charge in [-0.05, 0) is 5.56 Å². The van der Waals surface area contributed by atoms with Crippen molar-refractivity contribution in [2.75, 3.05) is 0 Å². The predicted molar refractivity (Wildman–Crippen MR) is 66.9 cm³/mol. The van der Waals surface area contributed by atoms with Crippen molar-refractivity contribution in [1.82, 2.24) is 14.9 Å². The molecule has 1 aromatic carbocycles. The highest BCUT2D eigenvalue weighted by molar-refractivity contribution is 5.75. The van der Waals surface area contributed by atoms with E-state index in [4.69, 9.17) is 0 Å². The van der Waals surface area contributed by atoms with Crippen LogP contribution in [0.5, 0.6) is 0 Å². The summed E-state index contributed by atoms with van der Waals surface area (Å²) >= 11 is 0. The molecule has 0 aliphatic carbocycles. The second-order valence-electron chi connectivity index (χ2n) is 4.06. The highest BCUT2D eigenvalue weighted by Gasteiger charge is 2.18. The molecule has 1 heterocycles. The zero-order chi connectivity index (χ0) is 13.0. The number of nitrogens with zero attached hydrogens (tertiary/aromatic N) is 2. The number of aryl methyl sites for hydroxylation is 1. The molecule has 0 aliphatic heterocycles. The molecule has 0 spiro atoms.